The van der Waals surface area contributed by atoms with Gasteiger partial charge in [0.2, 0.25) is 0 Å². The van der Waals surface area contributed by atoms with Gasteiger partial charge in [-0.25, -0.2) is 4.79 Å². The Bertz CT molecular complexity index is 801. The van der Waals surface area contributed by atoms with E-state index in [1.807, 2.05) is 31.3 Å². The van der Waals surface area contributed by atoms with Gasteiger partial charge in [-0.3, -0.25) is 4.68 Å². The molecule has 0 aliphatic heterocycles. The molecule has 0 atom stereocenters. The smallest absolute Gasteiger partial charge is 0.343 e. The first-order valence-electron chi connectivity index (χ1n) is 6.10. The maximum absolute atomic E-state index is 11.9. The van der Waals surface area contributed by atoms with E-state index >= 15 is 0 Å². The Kier molecular flexibility index (Phi) is 2.78. The molecule has 0 aliphatic rings. The van der Waals surface area contributed by atoms with E-state index in [9.17, 15) is 4.79 Å². The lowest BCUT2D eigenvalue weighted by Crippen LogP contribution is -2.04. The number of methoxy groups -OCH3 is 1. The summed E-state index contributed by atoms with van der Waals surface area (Å²) >= 11 is 0. The lowest BCUT2D eigenvalue weighted by molar-refractivity contribution is 0.0599. The Morgan fingerprint density at radius 1 is 1.30 bits per heavy atom. The molecule has 3 aromatic rings. The summed E-state index contributed by atoms with van der Waals surface area (Å²) in [5.74, 6) is -0.0601. The van der Waals surface area contributed by atoms with Gasteiger partial charge in [0.25, 0.3) is 0 Å². The largest absolute Gasteiger partial charge is 0.465 e. The van der Waals surface area contributed by atoms with E-state index in [0.717, 1.165) is 10.9 Å². The molecule has 0 fully saturated rings. The van der Waals surface area contributed by atoms with Crippen molar-refractivity contribution in [1.82, 2.24) is 14.9 Å². The highest BCUT2D eigenvalue weighted by Gasteiger charge is 2.25. The highest BCUT2D eigenvalue weighted by Crippen LogP contribution is 2.30. The number of carbonyl (C=O) groups is 1. The topological polar surface area (TPSA) is 70.2 Å². The number of benzene rings is 1. The van der Waals surface area contributed by atoms with E-state index in [1.165, 1.54) is 7.11 Å². The van der Waals surface area contributed by atoms with Gasteiger partial charge in [-0.05, 0) is 13.0 Å². The van der Waals surface area contributed by atoms with Crippen LogP contribution in [0.3, 0.4) is 0 Å². The van der Waals surface area contributed by atoms with E-state index in [2.05, 4.69) is 10.3 Å². The zero-order valence-electron chi connectivity index (χ0n) is 11.4. The van der Waals surface area contributed by atoms with Crippen LogP contribution in [0.15, 0.2) is 28.8 Å². The first-order valence-corrected chi connectivity index (χ1v) is 6.10. The van der Waals surface area contributed by atoms with E-state index in [0.29, 0.717) is 22.7 Å². The minimum Gasteiger partial charge on any atom is -0.465 e. The van der Waals surface area contributed by atoms with Crippen molar-refractivity contribution in [1.29, 1.82) is 0 Å². The Morgan fingerprint density at radius 2 is 2.05 bits per heavy atom. The van der Waals surface area contributed by atoms with Crippen molar-refractivity contribution in [3.63, 3.8) is 0 Å². The first kappa shape index (κ1) is 12.4. The molecule has 0 N–H and O–H groups in total. The fraction of sp³-hybridized carbons (Fsp3) is 0.214. The summed E-state index contributed by atoms with van der Waals surface area (Å²) in [7, 11) is 3.17. The average molecular weight is 271 g/mol. The van der Waals surface area contributed by atoms with Crippen molar-refractivity contribution in [3.05, 3.63) is 35.6 Å². The molecule has 0 aliphatic carbocycles. The molecule has 2 aromatic heterocycles. The van der Waals surface area contributed by atoms with Crippen LogP contribution in [-0.2, 0) is 11.8 Å². The molecule has 0 unspecified atom stereocenters. The van der Waals surface area contributed by atoms with Gasteiger partial charge in [0.15, 0.2) is 0 Å². The molecule has 0 saturated carbocycles. The highest BCUT2D eigenvalue weighted by molar-refractivity contribution is 6.01. The molecule has 6 nitrogen and oxygen atoms in total. The van der Waals surface area contributed by atoms with Gasteiger partial charge < -0.3 is 9.26 Å². The summed E-state index contributed by atoms with van der Waals surface area (Å²) in [5, 5.41) is 9.31. The van der Waals surface area contributed by atoms with Gasteiger partial charge in [0.05, 0.1) is 12.6 Å². The molecule has 2 heterocycles. The maximum atomic E-state index is 11.9. The van der Waals surface area contributed by atoms with Crippen LogP contribution < -0.4 is 0 Å². The third kappa shape index (κ3) is 1.69. The van der Waals surface area contributed by atoms with Gasteiger partial charge >= 0.3 is 5.97 Å². The summed E-state index contributed by atoms with van der Waals surface area (Å²) in [4.78, 5) is 11.9. The summed E-state index contributed by atoms with van der Waals surface area (Å²) in [6, 6.07) is 7.74. The summed E-state index contributed by atoms with van der Waals surface area (Å²) < 4.78 is 11.7. The average Bonchev–Trinajstić information content (AvgIpc) is 3.00. The van der Waals surface area contributed by atoms with Crippen LogP contribution in [-0.4, -0.2) is 28.0 Å². The summed E-state index contributed by atoms with van der Waals surface area (Å²) in [5.41, 5.74) is 2.29. The lowest BCUT2D eigenvalue weighted by Gasteiger charge is -1.98. The predicted octanol–water partition coefficient (Wildman–Crippen LogP) is 2.32. The Labute approximate surface area is 114 Å². The number of aromatic nitrogens is 3. The van der Waals surface area contributed by atoms with Crippen LogP contribution in [0.1, 0.15) is 16.1 Å². The van der Waals surface area contributed by atoms with Gasteiger partial charge in [-0.2, -0.15) is 5.10 Å². The number of esters is 1. The van der Waals surface area contributed by atoms with Crippen LogP contribution in [0.4, 0.5) is 0 Å². The number of nitrogens with zero attached hydrogens (tertiary/aromatic N) is 3. The number of hydrogen-bond acceptors (Lipinski definition) is 5. The van der Waals surface area contributed by atoms with Crippen molar-refractivity contribution in [2.75, 3.05) is 7.11 Å². The standard InChI is InChI=1S/C14H13N3O3/c1-8-11(14(18)19-3)13(16-20-8)12-9-6-4-5-7-10(9)17(2)15-12/h4-7H,1-3H3. The SMILES string of the molecule is COC(=O)c1c(-c2nn(C)c3ccccc23)noc1C. The molecule has 0 bridgehead atoms. The van der Waals surface area contributed by atoms with E-state index < -0.39 is 5.97 Å². The van der Waals surface area contributed by atoms with E-state index in [-0.39, 0.29) is 0 Å². The Balaban J connectivity index is 2.30. The van der Waals surface area contributed by atoms with Crippen molar-refractivity contribution in [2.24, 2.45) is 7.05 Å². The number of fused-ring (bicyclic) bond motifs is 1. The molecule has 0 radical (unpaired) electrons. The predicted molar refractivity (Wildman–Crippen MR) is 72.3 cm³/mol. The van der Waals surface area contributed by atoms with Crippen molar-refractivity contribution >= 4 is 16.9 Å². The second kappa shape index (κ2) is 4.48. The first-order chi connectivity index (χ1) is 9.63. The normalized spacial score (nSPS) is 10.9. The number of hydrogen-bond donors (Lipinski definition) is 0. The van der Waals surface area contributed by atoms with E-state index in [4.69, 9.17) is 9.26 Å². The number of rotatable bonds is 2. The minimum atomic E-state index is -0.478. The Hall–Kier alpha value is -2.63. The monoisotopic (exact) mass is 271 g/mol. The van der Waals surface area contributed by atoms with Gasteiger partial charge in [0, 0.05) is 12.4 Å². The van der Waals surface area contributed by atoms with Crippen molar-refractivity contribution in [3.8, 4) is 11.4 Å². The molecule has 6 heteroatoms. The molecule has 20 heavy (non-hydrogen) atoms. The molecular weight excluding hydrogens is 258 g/mol. The van der Waals surface area contributed by atoms with Crippen LogP contribution in [0.2, 0.25) is 0 Å². The molecule has 0 saturated heterocycles. The lowest BCUT2D eigenvalue weighted by atomic mass is 10.1. The molecule has 3 rings (SSSR count). The molecule has 0 spiro atoms. The highest BCUT2D eigenvalue weighted by atomic mass is 16.5. The second-order valence-corrected chi connectivity index (χ2v) is 4.44. The minimum absolute atomic E-state index is 0.316. The molecule has 1 aromatic carbocycles. The molecular formula is C14H13N3O3. The zero-order valence-corrected chi connectivity index (χ0v) is 11.4. The van der Waals surface area contributed by atoms with E-state index in [1.54, 1.807) is 11.6 Å². The fourth-order valence-electron chi connectivity index (χ4n) is 2.26. The van der Waals surface area contributed by atoms with Gasteiger partial charge in [-0.15, -0.1) is 0 Å². The fourth-order valence-corrected chi connectivity index (χ4v) is 2.26. The maximum Gasteiger partial charge on any atom is 0.343 e. The number of carbonyl (C=O) groups excluding carboxylic acids is 1. The number of ether oxygens (including phenoxy) is 1. The zero-order chi connectivity index (χ0) is 14.3. The van der Waals surface area contributed by atoms with Crippen LogP contribution >= 0.6 is 0 Å². The molecule has 102 valence electrons. The summed E-state index contributed by atoms with van der Waals surface area (Å²) in [6.45, 7) is 1.67. The number of para-hydroxylation sites is 1. The quantitative estimate of drug-likeness (QED) is 0.669. The third-order valence-electron chi connectivity index (χ3n) is 3.23. The van der Waals surface area contributed by atoms with Crippen LogP contribution in [0.5, 0.6) is 0 Å². The Morgan fingerprint density at radius 3 is 2.80 bits per heavy atom. The second-order valence-electron chi connectivity index (χ2n) is 4.44. The number of aryl methyl sites for hydroxylation is 2. The van der Waals surface area contributed by atoms with Crippen molar-refractivity contribution in [2.45, 2.75) is 6.92 Å². The summed E-state index contributed by atoms with van der Waals surface area (Å²) in [6.07, 6.45) is 0. The van der Waals surface area contributed by atoms with Crippen LogP contribution in [0.25, 0.3) is 22.3 Å². The van der Waals surface area contributed by atoms with Crippen molar-refractivity contribution < 1.29 is 14.1 Å². The van der Waals surface area contributed by atoms with Gasteiger partial charge in [0.1, 0.15) is 22.7 Å². The van der Waals surface area contributed by atoms with Gasteiger partial charge in [-0.1, -0.05) is 23.4 Å². The third-order valence-corrected chi connectivity index (χ3v) is 3.23. The molecule has 0 amide bonds. The van der Waals surface area contributed by atoms with Crippen LogP contribution in [0, 0.1) is 6.92 Å².